The fourth-order valence-electron chi connectivity index (χ4n) is 3.15. The molecule has 0 fully saturated rings. The van der Waals surface area contributed by atoms with Crippen molar-refractivity contribution < 1.29 is 14.3 Å². The molecular weight excluding hydrogens is 354 g/mol. The fourth-order valence-corrected chi connectivity index (χ4v) is 3.15. The summed E-state index contributed by atoms with van der Waals surface area (Å²) in [6.45, 7) is 6.24. The molecule has 1 aliphatic rings. The lowest BCUT2D eigenvalue weighted by Gasteiger charge is -2.14. The summed E-state index contributed by atoms with van der Waals surface area (Å²) in [6.07, 6.45) is 0.550. The summed E-state index contributed by atoms with van der Waals surface area (Å²) in [5.41, 5.74) is 9.28. The molecule has 4 N–H and O–H groups in total. The monoisotopic (exact) mass is 381 g/mol. The second-order valence-corrected chi connectivity index (χ2v) is 7.10. The molecule has 3 aromatic rings. The van der Waals surface area contributed by atoms with Crippen LogP contribution in [-0.2, 0) is 11.2 Å². The summed E-state index contributed by atoms with van der Waals surface area (Å²) in [7, 11) is 0. The van der Waals surface area contributed by atoms with Crippen LogP contribution in [0.25, 0.3) is 10.9 Å². The minimum absolute atomic E-state index is 0.0975. The number of hydrogen-bond acceptors (Lipinski definition) is 4. The van der Waals surface area contributed by atoms with Gasteiger partial charge in [0, 0.05) is 22.6 Å². The molecule has 28 heavy (non-hydrogen) atoms. The Morgan fingerprint density at radius 3 is 2.36 bits per heavy atom. The third-order valence-corrected chi connectivity index (χ3v) is 4.50. The largest absolute Gasteiger partial charge is 0.454 e. The molecule has 1 aliphatic heterocycles. The van der Waals surface area contributed by atoms with Crippen LogP contribution in [0.5, 0.6) is 11.5 Å². The van der Waals surface area contributed by atoms with Crippen LogP contribution in [0.3, 0.4) is 0 Å². The number of carbonyl (C=O) groups is 1. The van der Waals surface area contributed by atoms with E-state index in [0.29, 0.717) is 13.2 Å². The smallest absolute Gasteiger partial charge is 0.237 e. The summed E-state index contributed by atoms with van der Waals surface area (Å²) < 4.78 is 10.2. The third-order valence-electron chi connectivity index (χ3n) is 4.50. The van der Waals surface area contributed by atoms with E-state index < -0.39 is 6.04 Å². The highest BCUT2D eigenvalue weighted by Gasteiger charge is 2.18. The molecule has 0 unspecified atom stereocenters. The summed E-state index contributed by atoms with van der Waals surface area (Å²) in [6, 6.07) is 15.3. The number of amides is 1. The average Bonchev–Trinajstić information content (AvgIpc) is 3.26. The van der Waals surface area contributed by atoms with Gasteiger partial charge in [-0.25, -0.2) is 0 Å². The van der Waals surface area contributed by atoms with E-state index in [1.54, 1.807) is 0 Å². The highest BCUT2D eigenvalue weighted by Crippen LogP contribution is 2.30. The molecule has 0 saturated heterocycles. The average molecular weight is 381 g/mol. The van der Waals surface area contributed by atoms with Gasteiger partial charge in [-0.1, -0.05) is 30.3 Å². The SMILES string of the molecule is Cc1[nH]c2ccccc2c1C[C@H](N)C(=O)NC(C)C.c1ccc2c(c1)OCO2. The quantitative estimate of drug-likeness (QED) is 0.647. The molecule has 0 bridgehead atoms. The zero-order valence-electron chi connectivity index (χ0n) is 16.5. The van der Waals surface area contributed by atoms with Gasteiger partial charge in [0.15, 0.2) is 11.5 Å². The number of rotatable bonds is 4. The Kier molecular flexibility index (Phi) is 6.21. The lowest BCUT2D eigenvalue weighted by atomic mass is 10.0. The van der Waals surface area contributed by atoms with Crippen LogP contribution in [0.1, 0.15) is 25.1 Å². The van der Waals surface area contributed by atoms with E-state index in [1.807, 2.05) is 63.2 Å². The van der Waals surface area contributed by atoms with Crippen LogP contribution >= 0.6 is 0 Å². The number of aryl methyl sites for hydroxylation is 1. The molecule has 148 valence electrons. The van der Waals surface area contributed by atoms with E-state index in [4.69, 9.17) is 15.2 Å². The van der Waals surface area contributed by atoms with Crippen molar-refractivity contribution in [2.45, 2.75) is 39.3 Å². The van der Waals surface area contributed by atoms with Crippen LogP contribution < -0.4 is 20.5 Å². The first-order valence-corrected chi connectivity index (χ1v) is 9.42. The van der Waals surface area contributed by atoms with E-state index in [-0.39, 0.29) is 11.9 Å². The van der Waals surface area contributed by atoms with Crippen molar-refractivity contribution in [3.8, 4) is 11.5 Å². The number of para-hydroxylation sites is 3. The molecule has 2 heterocycles. The molecule has 0 spiro atoms. The molecule has 6 heteroatoms. The minimum atomic E-state index is -0.514. The predicted octanol–water partition coefficient (Wildman–Crippen LogP) is 3.29. The first-order chi connectivity index (χ1) is 13.5. The van der Waals surface area contributed by atoms with Gasteiger partial charge in [0.1, 0.15) is 0 Å². The Morgan fingerprint density at radius 1 is 1.11 bits per heavy atom. The van der Waals surface area contributed by atoms with Crippen molar-refractivity contribution in [2.24, 2.45) is 5.73 Å². The van der Waals surface area contributed by atoms with E-state index in [0.717, 1.165) is 33.7 Å². The number of aromatic nitrogens is 1. The molecule has 1 amide bonds. The highest BCUT2D eigenvalue weighted by atomic mass is 16.7. The zero-order chi connectivity index (χ0) is 20.1. The van der Waals surface area contributed by atoms with E-state index >= 15 is 0 Å². The molecule has 6 nitrogen and oxygen atoms in total. The number of hydrogen-bond donors (Lipinski definition) is 3. The number of benzene rings is 2. The van der Waals surface area contributed by atoms with Crippen LogP contribution in [-0.4, -0.2) is 29.8 Å². The van der Waals surface area contributed by atoms with Gasteiger partial charge in [-0.2, -0.15) is 0 Å². The number of aromatic amines is 1. The number of ether oxygens (including phenoxy) is 2. The van der Waals surface area contributed by atoms with Crippen molar-refractivity contribution in [2.75, 3.05) is 6.79 Å². The van der Waals surface area contributed by atoms with E-state index in [9.17, 15) is 4.79 Å². The maximum absolute atomic E-state index is 11.9. The summed E-state index contributed by atoms with van der Waals surface area (Å²) in [4.78, 5) is 15.2. The van der Waals surface area contributed by atoms with Crippen molar-refractivity contribution in [1.29, 1.82) is 0 Å². The molecule has 2 aromatic carbocycles. The topological polar surface area (TPSA) is 89.4 Å². The van der Waals surface area contributed by atoms with Crippen molar-refractivity contribution >= 4 is 16.8 Å². The molecule has 0 aliphatic carbocycles. The molecule has 4 rings (SSSR count). The summed E-state index contributed by atoms with van der Waals surface area (Å²) >= 11 is 0. The van der Waals surface area contributed by atoms with Crippen molar-refractivity contribution in [3.05, 3.63) is 59.8 Å². The first kappa shape index (κ1) is 19.8. The van der Waals surface area contributed by atoms with Crippen LogP contribution in [0.2, 0.25) is 0 Å². The maximum atomic E-state index is 11.9. The Hall–Kier alpha value is -2.99. The second-order valence-electron chi connectivity index (χ2n) is 7.10. The van der Waals surface area contributed by atoms with Gasteiger partial charge in [-0.15, -0.1) is 0 Å². The number of H-pyrrole nitrogens is 1. The Bertz CT molecular complexity index is 926. The fraction of sp³-hybridized carbons (Fsp3) is 0.318. The lowest BCUT2D eigenvalue weighted by molar-refractivity contribution is -0.122. The number of fused-ring (bicyclic) bond motifs is 2. The highest BCUT2D eigenvalue weighted by molar-refractivity contribution is 5.87. The zero-order valence-corrected chi connectivity index (χ0v) is 16.5. The number of carbonyl (C=O) groups excluding carboxylic acids is 1. The van der Waals surface area contributed by atoms with Crippen LogP contribution in [0.15, 0.2) is 48.5 Å². The van der Waals surface area contributed by atoms with E-state index in [2.05, 4.69) is 16.4 Å². The van der Waals surface area contributed by atoms with Gasteiger partial charge in [-0.3, -0.25) is 4.79 Å². The third kappa shape index (κ3) is 4.64. The van der Waals surface area contributed by atoms with Gasteiger partial charge in [-0.05, 0) is 51.0 Å². The number of nitrogens with two attached hydrogens (primary N) is 1. The van der Waals surface area contributed by atoms with Gasteiger partial charge in [0.2, 0.25) is 12.7 Å². The van der Waals surface area contributed by atoms with Crippen molar-refractivity contribution in [1.82, 2.24) is 10.3 Å². The summed E-state index contributed by atoms with van der Waals surface area (Å²) in [5.74, 6) is 1.59. The molecule has 1 atom stereocenters. The van der Waals surface area contributed by atoms with Gasteiger partial charge >= 0.3 is 0 Å². The lowest BCUT2D eigenvalue weighted by Crippen LogP contribution is -2.44. The van der Waals surface area contributed by atoms with Crippen molar-refractivity contribution in [3.63, 3.8) is 0 Å². The molecular formula is C22H27N3O3. The Balaban J connectivity index is 0.000000206. The molecule has 0 saturated carbocycles. The molecule has 1 aromatic heterocycles. The van der Waals surface area contributed by atoms with Gasteiger partial charge in [0.05, 0.1) is 6.04 Å². The molecule has 0 radical (unpaired) electrons. The normalized spacial score (nSPS) is 13.2. The minimum Gasteiger partial charge on any atom is -0.454 e. The van der Waals surface area contributed by atoms with E-state index in [1.165, 1.54) is 0 Å². The number of nitrogens with one attached hydrogen (secondary N) is 2. The second kappa shape index (κ2) is 8.80. The Labute approximate surface area is 165 Å². The summed E-state index contributed by atoms with van der Waals surface area (Å²) in [5, 5.41) is 3.99. The maximum Gasteiger partial charge on any atom is 0.237 e. The first-order valence-electron chi connectivity index (χ1n) is 9.42. The van der Waals surface area contributed by atoms with Crippen LogP contribution in [0, 0.1) is 6.92 Å². The van der Waals surface area contributed by atoms with Gasteiger partial charge < -0.3 is 25.5 Å². The predicted molar refractivity (Wildman–Crippen MR) is 111 cm³/mol. The standard InChI is InChI=1S/C15H21N3O.C7H6O2/c1-9(2)17-15(19)13(16)8-12-10(3)18-14-7-5-4-6-11(12)14;1-2-4-7-6(3-1)8-5-9-7/h4-7,9,13,18H,8,16H2,1-3H3,(H,17,19);1-4H,5H2/t13-;/m0./s1. The van der Waals surface area contributed by atoms with Gasteiger partial charge in [0.25, 0.3) is 0 Å². The van der Waals surface area contributed by atoms with Crippen LogP contribution in [0.4, 0.5) is 0 Å². The Morgan fingerprint density at radius 2 is 1.71 bits per heavy atom.